The fourth-order valence-corrected chi connectivity index (χ4v) is 4.78. The first-order chi connectivity index (χ1) is 15.5. The van der Waals surface area contributed by atoms with Crippen molar-refractivity contribution in [1.82, 2.24) is 24.7 Å². The fourth-order valence-electron chi connectivity index (χ4n) is 3.86. The number of aromatic nitrogens is 5. The van der Waals surface area contributed by atoms with Gasteiger partial charge in [-0.25, -0.2) is 9.97 Å². The Morgan fingerprint density at radius 3 is 2.47 bits per heavy atom. The number of benzene rings is 2. The monoisotopic (exact) mass is 440 g/mol. The highest BCUT2D eigenvalue weighted by Crippen LogP contribution is 2.38. The molecule has 0 aliphatic heterocycles. The molecule has 0 radical (unpaired) electrons. The van der Waals surface area contributed by atoms with Crippen molar-refractivity contribution < 1.29 is 0 Å². The molecular formula is C25H24N6S. The molecule has 0 fully saturated rings. The van der Waals surface area contributed by atoms with Gasteiger partial charge in [0.15, 0.2) is 5.82 Å². The summed E-state index contributed by atoms with van der Waals surface area (Å²) in [5, 5.41) is 15.6. The highest BCUT2D eigenvalue weighted by Gasteiger charge is 2.23. The molecule has 1 atom stereocenters. The van der Waals surface area contributed by atoms with Crippen molar-refractivity contribution in [2.45, 2.75) is 26.8 Å². The summed E-state index contributed by atoms with van der Waals surface area (Å²) in [6, 6.07) is 16.6. The van der Waals surface area contributed by atoms with E-state index in [0.29, 0.717) is 0 Å². The molecule has 1 N–H and O–H groups in total. The lowest BCUT2D eigenvalue weighted by molar-refractivity contribution is 0.732. The Bertz CT molecular complexity index is 1400. The van der Waals surface area contributed by atoms with Crippen molar-refractivity contribution in [2.75, 3.05) is 5.32 Å². The van der Waals surface area contributed by atoms with Crippen LogP contribution in [0.3, 0.4) is 0 Å². The molecular weight excluding hydrogens is 416 g/mol. The summed E-state index contributed by atoms with van der Waals surface area (Å²) in [6.45, 7) is 6.23. The molecule has 0 spiro atoms. The van der Waals surface area contributed by atoms with Crippen molar-refractivity contribution in [2.24, 2.45) is 7.05 Å². The van der Waals surface area contributed by atoms with Crippen molar-refractivity contribution in [3.05, 3.63) is 88.6 Å². The summed E-state index contributed by atoms with van der Waals surface area (Å²) in [4.78, 5) is 10.2. The Hall–Kier alpha value is -3.58. The lowest BCUT2D eigenvalue weighted by Gasteiger charge is -2.20. The number of nitrogens with one attached hydrogen (secondary N) is 1. The van der Waals surface area contributed by atoms with Gasteiger partial charge >= 0.3 is 0 Å². The number of aryl methyl sites for hydroxylation is 3. The number of hydrogen-bond donors (Lipinski definition) is 1. The number of nitrogens with zero attached hydrogens (tertiary/aromatic N) is 5. The van der Waals surface area contributed by atoms with Crippen molar-refractivity contribution >= 4 is 27.4 Å². The summed E-state index contributed by atoms with van der Waals surface area (Å²) in [6.07, 6.45) is 1.62. The number of thiophene rings is 1. The van der Waals surface area contributed by atoms with E-state index in [0.717, 1.165) is 38.8 Å². The quantitative estimate of drug-likeness (QED) is 0.384. The second-order valence-electron chi connectivity index (χ2n) is 8.00. The molecule has 0 unspecified atom stereocenters. The number of hydrogen-bond acceptors (Lipinski definition) is 6. The van der Waals surface area contributed by atoms with Crippen LogP contribution in [-0.4, -0.2) is 24.7 Å². The summed E-state index contributed by atoms with van der Waals surface area (Å²) in [7, 11) is 1.99. The first kappa shape index (κ1) is 20.3. The Morgan fingerprint density at radius 1 is 0.938 bits per heavy atom. The third-order valence-corrected chi connectivity index (χ3v) is 6.87. The van der Waals surface area contributed by atoms with Crippen LogP contribution in [0.5, 0.6) is 0 Å². The van der Waals surface area contributed by atoms with Gasteiger partial charge in [-0.3, -0.25) is 0 Å². The maximum absolute atomic E-state index is 4.66. The lowest BCUT2D eigenvalue weighted by atomic mass is 10.0. The van der Waals surface area contributed by atoms with Gasteiger partial charge in [0.25, 0.3) is 0 Å². The number of anilines is 1. The highest BCUT2D eigenvalue weighted by molar-refractivity contribution is 7.17. The molecule has 3 aromatic heterocycles. The number of rotatable bonds is 5. The van der Waals surface area contributed by atoms with Gasteiger partial charge in [0, 0.05) is 18.0 Å². The average molecular weight is 441 g/mol. The third kappa shape index (κ3) is 3.54. The summed E-state index contributed by atoms with van der Waals surface area (Å²) in [5.74, 6) is 2.49. The smallest absolute Gasteiger partial charge is 0.160 e. The first-order valence-electron chi connectivity index (χ1n) is 10.5. The second-order valence-corrected chi connectivity index (χ2v) is 8.86. The molecule has 7 heteroatoms. The maximum Gasteiger partial charge on any atom is 0.160 e. The van der Waals surface area contributed by atoms with E-state index in [1.54, 1.807) is 17.7 Å². The molecule has 160 valence electrons. The van der Waals surface area contributed by atoms with Crippen molar-refractivity contribution in [1.29, 1.82) is 0 Å². The minimum absolute atomic E-state index is 0.201. The van der Waals surface area contributed by atoms with Crippen LogP contribution in [0.15, 0.2) is 60.2 Å². The lowest BCUT2D eigenvalue weighted by Crippen LogP contribution is -2.18. The van der Waals surface area contributed by atoms with Gasteiger partial charge in [0.1, 0.15) is 28.8 Å². The third-order valence-electron chi connectivity index (χ3n) is 5.99. The topological polar surface area (TPSA) is 68.5 Å². The Labute approximate surface area is 191 Å². The van der Waals surface area contributed by atoms with E-state index in [1.165, 1.54) is 16.7 Å². The zero-order valence-corrected chi connectivity index (χ0v) is 19.3. The molecule has 0 saturated heterocycles. The van der Waals surface area contributed by atoms with E-state index in [1.807, 2.05) is 36.7 Å². The zero-order chi connectivity index (χ0) is 22.2. The van der Waals surface area contributed by atoms with Crippen LogP contribution < -0.4 is 5.32 Å². The van der Waals surface area contributed by atoms with Crippen molar-refractivity contribution in [3.8, 4) is 11.1 Å². The van der Waals surface area contributed by atoms with Crippen molar-refractivity contribution in [3.63, 3.8) is 0 Å². The Balaban J connectivity index is 1.65. The van der Waals surface area contributed by atoms with Gasteiger partial charge in [0.2, 0.25) is 0 Å². The van der Waals surface area contributed by atoms with Crippen LogP contribution >= 0.6 is 11.3 Å². The largest absolute Gasteiger partial charge is 0.356 e. The Kier molecular flexibility index (Phi) is 5.19. The van der Waals surface area contributed by atoms with Crippen LogP contribution in [0.4, 0.5) is 5.82 Å². The summed E-state index contributed by atoms with van der Waals surface area (Å²) in [5.41, 5.74) is 5.95. The van der Waals surface area contributed by atoms with Gasteiger partial charge in [-0.2, -0.15) is 0 Å². The molecule has 6 nitrogen and oxygen atoms in total. The van der Waals surface area contributed by atoms with Gasteiger partial charge in [-0.15, -0.1) is 21.5 Å². The molecule has 5 rings (SSSR count). The molecule has 0 saturated carbocycles. The predicted octanol–water partition coefficient (Wildman–Crippen LogP) is 5.61. The zero-order valence-electron chi connectivity index (χ0n) is 18.5. The van der Waals surface area contributed by atoms with E-state index < -0.39 is 0 Å². The molecule has 32 heavy (non-hydrogen) atoms. The Morgan fingerprint density at radius 2 is 1.75 bits per heavy atom. The summed E-state index contributed by atoms with van der Waals surface area (Å²) < 4.78 is 2.01. The maximum atomic E-state index is 4.66. The van der Waals surface area contributed by atoms with Gasteiger partial charge in [-0.1, -0.05) is 48.5 Å². The molecule has 2 aromatic carbocycles. The van der Waals surface area contributed by atoms with E-state index in [4.69, 9.17) is 0 Å². The van der Waals surface area contributed by atoms with E-state index >= 15 is 0 Å². The minimum atomic E-state index is -0.201. The summed E-state index contributed by atoms with van der Waals surface area (Å²) >= 11 is 1.63. The normalized spacial score (nSPS) is 12.2. The van der Waals surface area contributed by atoms with Crippen LogP contribution in [0.2, 0.25) is 0 Å². The van der Waals surface area contributed by atoms with Crippen LogP contribution in [0.1, 0.15) is 34.4 Å². The van der Waals surface area contributed by atoms with Gasteiger partial charge < -0.3 is 9.88 Å². The van der Waals surface area contributed by atoms with Crippen LogP contribution in [0, 0.1) is 20.8 Å². The van der Waals surface area contributed by atoms with Crippen LogP contribution in [-0.2, 0) is 7.05 Å². The second kappa shape index (κ2) is 8.16. The van der Waals surface area contributed by atoms with Gasteiger partial charge in [-0.05, 0) is 43.0 Å². The van der Waals surface area contributed by atoms with E-state index in [9.17, 15) is 0 Å². The molecule has 0 aliphatic carbocycles. The highest BCUT2D eigenvalue weighted by atomic mass is 32.1. The minimum Gasteiger partial charge on any atom is -0.356 e. The molecule has 0 aliphatic rings. The predicted molar refractivity (Wildman–Crippen MR) is 130 cm³/mol. The molecule has 3 heterocycles. The van der Waals surface area contributed by atoms with Crippen LogP contribution in [0.25, 0.3) is 21.3 Å². The average Bonchev–Trinajstić information content (AvgIpc) is 3.39. The molecule has 5 aromatic rings. The molecule has 0 bridgehead atoms. The SMILES string of the molecule is Cc1ccc(-c2csc3ncnc(N[C@H](c4ccccc4)c4nnc(C)n4C)c23)cc1C. The standard InChI is InChI=1S/C25H24N6S/c1-15-10-11-19(12-16(15)2)20-13-32-25-21(20)23(26-14-27-25)28-22(18-8-6-5-7-9-18)24-30-29-17(3)31(24)4/h5-14,22H,1-4H3,(H,26,27,28)/t22-/m1/s1. The van der Waals surface area contributed by atoms with E-state index in [2.05, 4.69) is 75.0 Å². The number of fused-ring (bicyclic) bond motifs is 1. The molecule has 0 amide bonds. The van der Waals surface area contributed by atoms with Gasteiger partial charge in [0.05, 0.1) is 5.39 Å². The van der Waals surface area contributed by atoms with E-state index in [-0.39, 0.29) is 6.04 Å². The first-order valence-corrected chi connectivity index (χ1v) is 11.4. The fraction of sp³-hybridized carbons (Fsp3) is 0.200.